The van der Waals surface area contributed by atoms with Gasteiger partial charge in [0.25, 0.3) is 5.91 Å². The van der Waals surface area contributed by atoms with E-state index in [9.17, 15) is 13.2 Å². The van der Waals surface area contributed by atoms with Gasteiger partial charge >= 0.3 is 0 Å². The van der Waals surface area contributed by atoms with Crippen molar-refractivity contribution in [1.29, 1.82) is 0 Å². The molecule has 1 aliphatic carbocycles. The van der Waals surface area contributed by atoms with Gasteiger partial charge in [-0.1, -0.05) is 25.3 Å². The third kappa shape index (κ3) is 3.90. The lowest BCUT2D eigenvalue weighted by molar-refractivity contribution is 0.0937. The van der Waals surface area contributed by atoms with E-state index in [2.05, 4.69) is 5.32 Å². The Kier molecular flexibility index (Phi) is 5.49. The number of hydrogen-bond acceptors (Lipinski definition) is 3. The van der Waals surface area contributed by atoms with Gasteiger partial charge < -0.3 is 5.32 Å². The highest BCUT2D eigenvalue weighted by Crippen LogP contribution is 2.27. The number of nitrogens with one attached hydrogen (secondary N) is 1. The molecule has 1 heterocycles. The monoisotopic (exact) mass is 364 g/mol. The molecule has 1 amide bonds. The lowest BCUT2D eigenvalue weighted by Gasteiger charge is -2.32. The van der Waals surface area contributed by atoms with E-state index in [0.717, 1.165) is 50.5 Å². The number of carbonyl (C=O) groups is 1. The molecule has 138 valence electrons. The van der Waals surface area contributed by atoms with E-state index in [1.807, 2.05) is 13.8 Å². The van der Waals surface area contributed by atoms with Gasteiger partial charge in [-0.2, -0.15) is 4.31 Å². The van der Waals surface area contributed by atoms with Crippen LogP contribution in [-0.4, -0.2) is 37.3 Å². The fourth-order valence-corrected chi connectivity index (χ4v) is 5.63. The summed E-state index contributed by atoms with van der Waals surface area (Å²) in [5, 5.41) is 3.06. The van der Waals surface area contributed by atoms with Crippen LogP contribution in [0.5, 0.6) is 0 Å². The van der Waals surface area contributed by atoms with Crippen LogP contribution in [0.25, 0.3) is 0 Å². The van der Waals surface area contributed by atoms with Crippen molar-refractivity contribution in [2.45, 2.75) is 75.8 Å². The lowest BCUT2D eigenvalue weighted by Crippen LogP contribution is -2.42. The van der Waals surface area contributed by atoms with Gasteiger partial charge in [0.05, 0.1) is 4.90 Å². The molecular formula is C19H28N2O3S. The summed E-state index contributed by atoms with van der Waals surface area (Å²) in [7, 11) is -3.56. The molecule has 0 spiro atoms. The third-order valence-corrected chi connectivity index (χ3v) is 7.50. The Balaban J connectivity index is 1.86. The van der Waals surface area contributed by atoms with Crippen LogP contribution in [0.2, 0.25) is 0 Å². The predicted octanol–water partition coefficient (Wildman–Crippen LogP) is 3.23. The normalized spacial score (nSPS) is 22.9. The Morgan fingerprint density at radius 1 is 1.12 bits per heavy atom. The molecule has 6 heteroatoms. The van der Waals surface area contributed by atoms with Crippen molar-refractivity contribution in [2.75, 3.05) is 6.54 Å². The number of benzene rings is 1. The second kappa shape index (κ2) is 7.46. The Bertz CT molecular complexity index is 739. The van der Waals surface area contributed by atoms with Gasteiger partial charge in [-0.05, 0) is 57.2 Å². The zero-order chi connectivity index (χ0) is 18.0. The van der Waals surface area contributed by atoms with Gasteiger partial charge in [-0.15, -0.1) is 0 Å². The van der Waals surface area contributed by atoms with Gasteiger partial charge in [0.15, 0.2) is 0 Å². The van der Waals surface area contributed by atoms with Crippen LogP contribution in [0, 0.1) is 6.92 Å². The van der Waals surface area contributed by atoms with Crippen molar-refractivity contribution in [2.24, 2.45) is 0 Å². The first-order valence-corrected chi connectivity index (χ1v) is 10.8. The van der Waals surface area contributed by atoms with Crippen molar-refractivity contribution in [3.63, 3.8) is 0 Å². The highest BCUT2D eigenvalue weighted by atomic mass is 32.2. The van der Waals surface area contributed by atoms with Crippen molar-refractivity contribution < 1.29 is 13.2 Å². The summed E-state index contributed by atoms with van der Waals surface area (Å²) in [6, 6.07) is 5.14. The van der Waals surface area contributed by atoms with E-state index < -0.39 is 10.0 Å². The average Bonchev–Trinajstić information content (AvgIpc) is 3.08. The topological polar surface area (TPSA) is 66.5 Å². The first kappa shape index (κ1) is 18.4. The van der Waals surface area contributed by atoms with Crippen LogP contribution in [0.1, 0.15) is 67.8 Å². The molecule has 1 saturated carbocycles. The maximum absolute atomic E-state index is 13.0. The first-order valence-electron chi connectivity index (χ1n) is 9.33. The predicted molar refractivity (Wildman–Crippen MR) is 98.1 cm³/mol. The van der Waals surface area contributed by atoms with E-state index >= 15 is 0 Å². The standard InChI is InChI=1S/C19H28N2O3S/c1-14-10-11-17(25(23,24)21-12-6-5-7-15(21)2)13-18(14)19(22)20-16-8-3-4-9-16/h10-11,13,15-16H,3-9,12H2,1-2H3,(H,20,22). The van der Waals surface area contributed by atoms with Crippen molar-refractivity contribution in [3.8, 4) is 0 Å². The number of aryl methyl sites for hydroxylation is 1. The number of amides is 1. The molecule has 0 bridgehead atoms. The third-order valence-electron chi connectivity index (χ3n) is 5.49. The van der Waals surface area contributed by atoms with Crippen LogP contribution in [0.15, 0.2) is 23.1 Å². The number of nitrogens with zero attached hydrogens (tertiary/aromatic N) is 1. The molecule has 1 unspecified atom stereocenters. The number of hydrogen-bond donors (Lipinski definition) is 1. The van der Waals surface area contributed by atoms with Crippen LogP contribution in [0.4, 0.5) is 0 Å². The van der Waals surface area contributed by atoms with Crippen LogP contribution in [0.3, 0.4) is 0 Å². The Labute approximate surface area is 150 Å². The van der Waals surface area contributed by atoms with E-state index in [-0.39, 0.29) is 22.9 Å². The van der Waals surface area contributed by atoms with Crippen LogP contribution in [-0.2, 0) is 10.0 Å². The van der Waals surface area contributed by atoms with Gasteiger partial charge in [-0.3, -0.25) is 4.79 Å². The van der Waals surface area contributed by atoms with E-state index in [4.69, 9.17) is 0 Å². The second-order valence-electron chi connectivity index (χ2n) is 7.39. The van der Waals surface area contributed by atoms with Gasteiger partial charge in [0.1, 0.15) is 0 Å². The number of sulfonamides is 1. The second-order valence-corrected chi connectivity index (χ2v) is 9.28. The molecule has 2 fully saturated rings. The highest BCUT2D eigenvalue weighted by Gasteiger charge is 2.31. The van der Waals surface area contributed by atoms with E-state index in [1.54, 1.807) is 22.5 Å². The minimum Gasteiger partial charge on any atom is -0.349 e. The SMILES string of the molecule is Cc1ccc(S(=O)(=O)N2CCCCC2C)cc1C(=O)NC1CCCC1. The fraction of sp³-hybridized carbons (Fsp3) is 0.632. The smallest absolute Gasteiger partial charge is 0.251 e. The van der Waals surface area contributed by atoms with Crippen molar-refractivity contribution >= 4 is 15.9 Å². The maximum atomic E-state index is 13.0. The molecule has 0 aromatic heterocycles. The molecule has 5 nitrogen and oxygen atoms in total. The van der Waals surface area contributed by atoms with Gasteiger partial charge in [0, 0.05) is 24.2 Å². The Hall–Kier alpha value is -1.40. The highest BCUT2D eigenvalue weighted by molar-refractivity contribution is 7.89. The zero-order valence-electron chi connectivity index (χ0n) is 15.1. The Morgan fingerprint density at radius 3 is 2.48 bits per heavy atom. The Morgan fingerprint density at radius 2 is 1.80 bits per heavy atom. The average molecular weight is 365 g/mol. The molecule has 25 heavy (non-hydrogen) atoms. The minimum absolute atomic E-state index is 0.0100. The van der Waals surface area contributed by atoms with E-state index in [0.29, 0.717) is 12.1 Å². The summed E-state index contributed by atoms with van der Waals surface area (Å²) in [5.41, 5.74) is 1.28. The molecule has 2 aliphatic rings. The molecule has 1 aromatic rings. The molecule has 1 aromatic carbocycles. The molecule has 3 rings (SSSR count). The molecule has 1 saturated heterocycles. The molecule has 0 radical (unpaired) electrons. The zero-order valence-corrected chi connectivity index (χ0v) is 15.9. The minimum atomic E-state index is -3.56. The molecular weight excluding hydrogens is 336 g/mol. The summed E-state index contributed by atoms with van der Waals surface area (Å²) in [6.45, 7) is 4.36. The van der Waals surface area contributed by atoms with Gasteiger partial charge in [0.2, 0.25) is 10.0 Å². The summed E-state index contributed by atoms with van der Waals surface area (Å²) >= 11 is 0. The summed E-state index contributed by atoms with van der Waals surface area (Å²) in [6.07, 6.45) is 7.15. The maximum Gasteiger partial charge on any atom is 0.251 e. The summed E-state index contributed by atoms with van der Waals surface area (Å²) in [4.78, 5) is 12.8. The van der Waals surface area contributed by atoms with Gasteiger partial charge in [-0.25, -0.2) is 8.42 Å². The number of rotatable bonds is 4. The first-order chi connectivity index (χ1) is 11.9. The van der Waals surface area contributed by atoms with Crippen LogP contribution >= 0.6 is 0 Å². The van der Waals surface area contributed by atoms with E-state index in [1.165, 1.54) is 0 Å². The molecule has 1 atom stereocenters. The fourth-order valence-electron chi connectivity index (χ4n) is 3.90. The largest absolute Gasteiger partial charge is 0.349 e. The summed E-state index contributed by atoms with van der Waals surface area (Å²) in [5.74, 6) is -0.159. The lowest BCUT2D eigenvalue weighted by atomic mass is 10.1. The molecule has 1 aliphatic heterocycles. The van der Waals surface area contributed by atoms with Crippen molar-refractivity contribution in [3.05, 3.63) is 29.3 Å². The van der Waals surface area contributed by atoms with Crippen LogP contribution < -0.4 is 5.32 Å². The molecule has 1 N–H and O–H groups in total. The van der Waals surface area contributed by atoms with Crippen molar-refractivity contribution in [1.82, 2.24) is 9.62 Å². The quantitative estimate of drug-likeness (QED) is 0.892. The summed E-state index contributed by atoms with van der Waals surface area (Å²) < 4.78 is 27.6. The number of carbonyl (C=O) groups excluding carboxylic acids is 1. The number of piperidine rings is 1.